The van der Waals surface area contributed by atoms with Gasteiger partial charge >= 0.3 is 0 Å². The smallest absolute Gasteiger partial charge is 0.218 e. The third kappa shape index (κ3) is 5.73. The molecular formula is C2H6O3Si2. The molecule has 0 saturated heterocycles. The predicted octanol–water partition coefficient (Wildman–Crippen LogP) is -2.45. The highest BCUT2D eigenvalue weighted by molar-refractivity contribution is 6.72. The van der Waals surface area contributed by atoms with Crippen LogP contribution in [0.3, 0.4) is 0 Å². The van der Waals surface area contributed by atoms with Gasteiger partial charge in [0, 0.05) is 0 Å². The molecule has 5 heteroatoms. The Hall–Kier alpha value is -0.266. The molecule has 0 rings (SSSR count). The van der Waals surface area contributed by atoms with Crippen LogP contribution in [0.15, 0.2) is 0 Å². The molecule has 0 unspecified atom stereocenters. The van der Waals surface area contributed by atoms with E-state index >= 15 is 0 Å². The maximum absolute atomic E-state index is 9.52. The molecule has 0 aromatic carbocycles. The van der Waals surface area contributed by atoms with E-state index in [4.69, 9.17) is 0 Å². The van der Waals surface area contributed by atoms with E-state index in [-0.39, 0.29) is 0 Å². The summed E-state index contributed by atoms with van der Waals surface area (Å²) in [4.78, 5) is 19.0. The van der Waals surface area contributed by atoms with E-state index in [0.29, 0.717) is 0 Å². The summed E-state index contributed by atoms with van der Waals surface area (Å²) >= 11 is 0. The summed E-state index contributed by atoms with van der Waals surface area (Å²) in [6.07, 6.45) is 0. The second kappa shape index (κ2) is 5.73. The van der Waals surface area contributed by atoms with E-state index in [9.17, 15) is 9.59 Å². The van der Waals surface area contributed by atoms with Crippen molar-refractivity contribution >= 4 is 31.3 Å². The summed E-state index contributed by atoms with van der Waals surface area (Å²) in [6.45, 7) is 0. The van der Waals surface area contributed by atoms with Crippen molar-refractivity contribution in [3.63, 3.8) is 0 Å². The molecule has 0 radical (unpaired) electrons. The van der Waals surface area contributed by atoms with Gasteiger partial charge in [0.1, 0.15) is 11.8 Å². The van der Waals surface area contributed by atoms with E-state index in [1.54, 1.807) is 0 Å². The van der Waals surface area contributed by atoms with Gasteiger partial charge in [0.25, 0.3) is 0 Å². The summed E-state index contributed by atoms with van der Waals surface area (Å²) < 4.78 is 4.67. The highest BCUT2D eigenvalue weighted by atomic mass is 28.3. The number of carbonyl (C=O) groups excluding carboxylic acids is 2. The normalized spacial score (nSPS) is 11.4. The average molecular weight is 134 g/mol. The average Bonchev–Trinajstić information content (AvgIpc) is 1.69. The van der Waals surface area contributed by atoms with Crippen LogP contribution in [0.2, 0.25) is 0 Å². The first kappa shape index (κ1) is 6.73. The summed E-state index contributed by atoms with van der Waals surface area (Å²) in [5.74, 6) is 1.55. The Morgan fingerprint density at radius 3 is 1.86 bits per heavy atom. The van der Waals surface area contributed by atoms with Crippen LogP contribution in [0.25, 0.3) is 0 Å². The zero-order valence-corrected chi connectivity index (χ0v) is 6.62. The van der Waals surface area contributed by atoms with Gasteiger partial charge in [0.2, 0.25) is 19.5 Å². The van der Waals surface area contributed by atoms with Crippen LogP contribution in [0.4, 0.5) is 0 Å². The zero-order valence-electron chi connectivity index (χ0n) is 3.79. The minimum Gasteiger partial charge on any atom is -0.454 e. The fraction of sp³-hybridized carbons (Fsp3) is 0. The van der Waals surface area contributed by atoms with Gasteiger partial charge in [-0.3, -0.25) is 0 Å². The van der Waals surface area contributed by atoms with Crippen LogP contribution < -0.4 is 0 Å². The van der Waals surface area contributed by atoms with Gasteiger partial charge in [0.05, 0.1) is 0 Å². The van der Waals surface area contributed by atoms with Crippen molar-refractivity contribution < 1.29 is 13.7 Å². The largest absolute Gasteiger partial charge is 0.454 e. The molecule has 0 aromatic heterocycles. The van der Waals surface area contributed by atoms with Crippen LogP contribution in [-0.2, 0) is 13.7 Å². The topological polar surface area (TPSA) is 43.4 Å². The third-order valence-electron chi connectivity index (χ3n) is 0.372. The quantitative estimate of drug-likeness (QED) is 0.243. The monoisotopic (exact) mass is 134 g/mol. The van der Waals surface area contributed by atoms with Gasteiger partial charge in [-0.25, -0.2) is 0 Å². The maximum atomic E-state index is 9.52. The lowest BCUT2D eigenvalue weighted by atomic mass is 11.8. The van der Waals surface area contributed by atoms with Gasteiger partial charge in [-0.2, -0.15) is 0 Å². The Balaban J connectivity index is 2.68. The number of carbonyl (C=O) groups is 2. The van der Waals surface area contributed by atoms with Crippen LogP contribution in [0.1, 0.15) is 0 Å². The lowest BCUT2D eigenvalue weighted by Gasteiger charge is -1.84. The van der Waals surface area contributed by atoms with Crippen molar-refractivity contribution in [3.8, 4) is 0 Å². The Morgan fingerprint density at radius 1 is 1.14 bits per heavy atom. The molecule has 0 saturated carbocycles. The van der Waals surface area contributed by atoms with Crippen molar-refractivity contribution in [1.29, 1.82) is 0 Å². The molecule has 0 atom stereocenters. The third-order valence-corrected chi connectivity index (χ3v) is 2.53. The molecular weight excluding hydrogens is 128 g/mol. The molecule has 0 spiro atoms. The molecule has 7 heavy (non-hydrogen) atoms. The van der Waals surface area contributed by atoms with E-state index < -0.39 is 19.5 Å². The molecule has 0 aliphatic carbocycles. The standard InChI is InChI=1S/C2H6O3Si2/c3-1-6-5-7-2-4/h1-2H,6-7H2. The van der Waals surface area contributed by atoms with E-state index in [2.05, 4.69) is 4.12 Å². The van der Waals surface area contributed by atoms with Crippen molar-refractivity contribution in [2.75, 3.05) is 0 Å². The molecule has 0 bridgehead atoms. The fourth-order valence-electron chi connectivity index (χ4n) is 0.164. The fourth-order valence-corrected chi connectivity index (χ4v) is 1.48. The first-order chi connectivity index (χ1) is 3.41. The molecule has 0 aliphatic rings. The lowest BCUT2D eigenvalue weighted by Crippen LogP contribution is -2.05. The number of rotatable bonds is 4. The van der Waals surface area contributed by atoms with Crippen molar-refractivity contribution in [3.05, 3.63) is 0 Å². The first-order valence-corrected chi connectivity index (χ1v) is 4.65. The molecule has 0 aliphatic heterocycles. The maximum Gasteiger partial charge on any atom is 0.218 e. The Morgan fingerprint density at radius 2 is 1.57 bits per heavy atom. The Bertz CT molecular complexity index is 56.0. The SMILES string of the molecule is O=C[SiH2]O[SiH2]C=O. The second-order valence-corrected chi connectivity index (χ2v) is 3.84. The molecule has 0 heterocycles. The van der Waals surface area contributed by atoms with Crippen molar-refractivity contribution in [1.82, 2.24) is 0 Å². The molecule has 0 fully saturated rings. The van der Waals surface area contributed by atoms with E-state index in [1.165, 1.54) is 0 Å². The van der Waals surface area contributed by atoms with Gasteiger partial charge < -0.3 is 13.7 Å². The minimum atomic E-state index is -0.939. The summed E-state index contributed by atoms with van der Waals surface area (Å²) in [7, 11) is -1.88. The van der Waals surface area contributed by atoms with Gasteiger partial charge in [-0.05, 0) is 0 Å². The second-order valence-electron chi connectivity index (χ2n) is 0.871. The molecule has 0 amide bonds. The van der Waals surface area contributed by atoms with Crippen LogP contribution in [-0.4, -0.2) is 31.3 Å². The number of hydrogen-bond acceptors (Lipinski definition) is 3. The van der Waals surface area contributed by atoms with Gasteiger partial charge in [-0.15, -0.1) is 0 Å². The van der Waals surface area contributed by atoms with Crippen LogP contribution >= 0.6 is 0 Å². The lowest BCUT2D eigenvalue weighted by molar-refractivity contribution is 0.554. The molecule has 0 N–H and O–H groups in total. The van der Waals surface area contributed by atoms with Crippen molar-refractivity contribution in [2.24, 2.45) is 0 Å². The Labute approximate surface area is 45.9 Å². The minimum absolute atomic E-state index is 0.774. The summed E-state index contributed by atoms with van der Waals surface area (Å²) in [6, 6.07) is 0. The van der Waals surface area contributed by atoms with Gasteiger partial charge in [-0.1, -0.05) is 0 Å². The van der Waals surface area contributed by atoms with E-state index in [1.807, 2.05) is 0 Å². The van der Waals surface area contributed by atoms with Crippen LogP contribution in [0.5, 0.6) is 0 Å². The molecule has 0 aromatic rings. The predicted molar refractivity (Wildman–Crippen MR) is 31.7 cm³/mol. The van der Waals surface area contributed by atoms with E-state index in [0.717, 1.165) is 11.8 Å². The van der Waals surface area contributed by atoms with Crippen molar-refractivity contribution in [2.45, 2.75) is 0 Å². The highest BCUT2D eigenvalue weighted by Gasteiger charge is 1.80. The van der Waals surface area contributed by atoms with Crippen LogP contribution in [0, 0.1) is 0 Å². The highest BCUT2D eigenvalue weighted by Crippen LogP contribution is 1.54. The summed E-state index contributed by atoms with van der Waals surface area (Å²) in [5, 5.41) is 0. The Kier molecular flexibility index (Phi) is 5.52. The summed E-state index contributed by atoms with van der Waals surface area (Å²) in [5.41, 5.74) is 0. The molecule has 40 valence electrons. The van der Waals surface area contributed by atoms with Gasteiger partial charge in [0.15, 0.2) is 0 Å². The molecule has 3 nitrogen and oxygen atoms in total. The zero-order chi connectivity index (χ0) is 5.54. The number of hydrogen-bond donors (Lipinski definition) is 0. The first-order valence-electron chi connectivity index (χ1n) is 1.87.